The van der Waals surface area contributed by atoms with E-state index in [2.05, 4.69) is 37.9 Å². The van der Waals surface area contributed by atoms with E-state index in [0.717, 1.165) is 10.1 Å². The summed E-state index contributed by atoms with van der Waals surface area (Å²) >= 11 is 3.38. The van der Waals surface area contributed by atoms with E-state index in [9.17, 15) is 0 Å². The molecule has 0 aromatic carbocycles. The van der Waals surface area contributed by atoms with Gasteiger partial charge in [-0.05, 0) is 35.0 Å². The minimum Gasteiger partial charge on any atom is -0.347 e. The lowest BCUT2D eigenvalue weighted by molar-refractivity contribution is 0.919. The molecule has 5 heteroatoms. The summed E-state index contributed by atoms with van der Waals surface area (Å²) in [5.41, 5.74) is 0.817. The number of rotatable bonds is 3. The van der Waals surface area contributed by atoms with Crippen LogP contribution in [0.5, 0.6) is 0 Å². The van der Waals surface area contributed by atoms with Gasteiger partial charge in [-0.2, -0.15) is 4.98 Å². The Morgan fingerprint density at radius 1 is 1.60 bits per heavy atom. The molecule has 0 aliphatic carbocycles. The molecule has 2 aromatic rings. The normalized spacial score (nSPS) is 12.7. The molecule has 0 spiro atoms. The summed E-state index contributed by atoms with van der Waals surface area (Å²) in [7, 11) is 0. The minimum absolute atomic E-state index is 0.158. The zero-order chi connectivity index (χ0) is 10.8. The summed E-state index contributed by atoms with van der Waals surface area (Å²) in [5.74, 6) is 0.612. The zero-order valence-corrected chi connectivity index (χ0v) is 9.90. The molecule has 4 nitrogen and oxygen atoms in total. The molecule has 0 saturated heterocycles. The van der Waals surface area contributed by atoms with Crippen LogP contribution in [0, 0.1) is 0 Å². The number of aromatic nitrogens is 3. The van der Waals surface area contributed by atoms with Crippen molar-refractivity contribution in [3.8, 4) is 0 Å². The number of fused-ring (bicyclic) bond motifs is 1. The van der Waals surface area contributed by atoms with Crippen LogP contribution in [-0.4, -0.2) is 20.6 Å². The van der Waals surface area contributed by atoms with E-state index in [4.69, 9.17) is 0 Å². The fraction of sp³-hybridized carbons (Fsp3) is 0.200. The maximum atomic E-state index is 4.31. The molecule has 1 unspecified atom stereocenters. The SMILES string of the molecule is C=CC(C)Nc1nc2ccc(Br)cn2n1. The smallest absolute Gasteiger partial charge is 0.243 e. The van der Waals surface area contributed by atoms with E-state index in [-0.39, 0.29) is 6.04 Å². The van der Waals surface area contributed by atoms with Crippen molar-refractivity contribution >= 4 is 27.5 Å². The molecule has 2 aromatic heterocycles. The molecule has 0 aliphatic heterocycles. The van der Waals surface area contributed by atoms with Gasteiger partial charge in [0.05, 0.1) is 0 Å². The highest BCUT2D eigenvalue weighted by molar-refractivity contribution is 9.10. The Hall–Kier alpha value is -1.36. The second kappa shape index (κ2) is 4.02. The molecule has 0 bridgehead atoms. The largest absolute Gasteiger partial charge is 0.347 e. The fourth-order valence-corrected chi connectivity index (χ4v) is 1.51. The topological polar surface area (TPSA) is 42.2 Å². The van der Waals surface area contributed by atoms with Crippen molar-refractivity contribution in [2.45, 2.75) is 13.0 Å². The first kappa shape index (κ1) is 10.2. The molecular formula is C10H11BrN4. The lowest BCUT2D eigenvalue weighted by atomic mass is 10.3. The second-order valence-electron chi connectivity index (χ2n) is 3.25. The van der Waals surface area contributed by atoms with E-state index in [1.54, 1.807) is 4.52 Å². The van der Waals surface area contributed by atoms with Crippen molar-refractivity contribution in [2.75, 3.05) is 5.32 Å². The maximum absolute atomic E-state index is 4.31. The van der Waals surface area contributed by atoms with Crippen LogP contribution in [-0.2, 0) is 0 Å². The van der Waals surface area contributed by atoms with Gasteiger partial charge < -0.3 is 5.32 Å². The van der Waals surface area contributed by atoms with Crippen LogP contribution in [0.2, 0.25) is 0 Å². The van der Waals surface area contributed by atoms with Crippen LogP contribution in [0.3, 0.4) is 0 Å². The highest BCUT2D eigenvalue weighted by Gasteiger charge is 2.04. The third-order valence-corrected chi connectivity index (χ3v) is 2.47. The summed E-state index contributed by atoms with van der Waals surface area (Å²) in [6.45, 7) is 5.69. The standard InChI is InChI=1S/C10H11BrN4/c1-3-7(2)12-10-13-9-5-4-8(11)6-15(9)14-10/h3-7H,1H2,2H3,(H,12,14). The van der Waals surface area contributed by atoms with Gasteiger partial charge in [-0.25, -0.2) is 4.52 Å². The molecule has 0 radical (unpaired) electrons. The molecule has 1 N–H and O–H groups in total. The fourth-order valence-electron chi connectivity index (χ4n) is 1.18. The van der Waals surface area contributed by atoms with Gasteiger partial charge in [-0.3, -0.25) is 0 Å². The van der Waals surface area contributed by atoms with Crippen molar-refractivity contribution < 1.29 is 0 Å². The van der Waals surface area contributed by atoms with Crippen molar-refractivity contribution in [2.24, 2.45) is 0 Å². The molecule has 2 heterocycles. The Morgan fingerprint density at radius 2 is 2.40 bits per heavy atom. The lowest BCUT2D eigenvalue weighted by Gasteiger charge is -2.04. The van der Waals surface area contributed by atoms with E-state index < -0.39 is 0 Å². The summed E-state index contributed by atoms with van der Waals surface area (Å²) in [4.78, 5) is 4.31. The Labute approximate surface area is 96.1 Å². The average Bonchev–Trinajstić information content (AvgIpc) is 2.59. The monoisotopic (exact) mass is 266 g/mol. The van der Waals surface area contributed by atoms with Crippen LogP contribution in [0.4, 0.5) is 5.95 Å². The molecule has 78 valence electrons. The molecular weight excluding hydrogens is 256 g/mol. The number of halogens is 1. The molecule has 15 heavy (non-hydrogen) atoms. The number of hydrogen-bond donors (Lipinski definition) is 1. The molecule has 0 saturated carbocycles. The van der Waals surface area contributed by atoms with E-state index >= 15 is 0 Å². The van der Waals surface area contributed by atoms with Gasteiger partial charge in [0.25, 0.3) is 0 Å². The molecule has 0 fully saturated rings. The number of hydrogen-bond acceptors (Lipinski definition) is 3. The first-order valence-electron chi connectivity index (χ1n) is 4.60. The Balaban J connectivity index is 2.34. The maximum Gasteiger partial charge on any atom is 0.243 e. The minimum atomic E-state index is 0.158. The van der Waals surface area contributed by atoms with E-state index in [1.165, 1.54) is 0 Å². The summed E-state index contributed by atoms with van der Waals surface area (Å²) in [6.07, 6.45) is 3.67. The average molecular weight is 267 g/mol. The third kappa shape index (κ3) is 2.18. The van der Waals surface area contributed by atoms with Gasteiger partial charge in [0.1, 0.15) is 0 Å². The molecule has 0 amide bonds. The van der Waals surface area contributed by atoms with E-state index in [0.29, 0.717) is 5.95 Å². The second-order valence-corrected chi connectivity index (χ2v) is 4.17. The molecule has 0 aliphatic rings. The highest BCUT2D eigenvalue weighted by atomic mass is 79.9. The predicted molar refractivity (Wildman–Crippen MR) is 64.0 cm³/mol. The van der Waals surface area contributed by atoms with Gasteiger partial charge in [-0.15, -0.1) is 11.7 Å². The van der Waals surface area contributed by atoms with E-state index in [1.807, 2.05) is 31.3 Å². The summed E-state index contributed by atoms with van der Waals surface area (Å²) in [5, 5.41) is 7.40. The number of nitrogens with one attached hydrogen (secondary N) is 1. The van der Waals surface area contributed by atoms with Crippen molar-refractivity contribution in [3.05, 3.63) is 35.5 Å². The van der Waals surface area contributed by atoms with Crippen molar-refractivity contribution in [1.29, 1.82) is 0 Å². The molecule has 1 atom stereocenters. The number of nitrogens with zero attached hydrogens (tertiary/aromatic N) is 3. The van der Waals surface area contributed by atoms with Crippen LogP contribution in [0.15, 0.2) is 35.5 Å². The van der Waals surface area contributed by atoms with Gasteiger partial charge in [0.15, 0.2) is 5.65 Å². The highest BCUT2D eigenvalue weighted by Crippen LogP contribution is 2.12. The van der Waals surface area contributed by atoms with Gasteiger partial charge in [0.2, 0.25) is 5.95 Å². The molecule has 2 rings (SSSR count). The Kier molecular flexibility index (Phi) is 2.73. The Bertz CT molecular complexity index is 491. The van der Waals surface area contributed by atoms with Gasteiger partial charge in [0, 0.05) is 16.7 Å². The Morgan fingerprint density at radius 3 is 3.13 bits per heavy atom. The third-order valence-electron chi connectivity index (χ3n) is 2.01. The first-order chi connectivity index (χ1) is 7.19. The number of anilines is 1. The zero-order valence-electron chi connectivity index (χ0n) is 8.31. The number of pyridine rings is 1. The van der Waals surface area contributed by atoms with Crippen LogP contribution < -0.4 is 5.32 Å². The van der Waals surface area contributed by atoms with Crippen molar-refractivity contribution in [3.63, 3.8) is 0 Å². The first-order valence-corrected chi connectivity index (χ1v) is 5.39. The summed E-state index contributed by atoms with van der Waals surface area (Å²) < 4.78 is 2.70. The van der Waals surface area contributed by atoms with Crippen LogP contribution >= 0.6 is 15.9 Å². The lowest BCUT2D eigenvalue weighted by Crippen LogP contribution is -2.12. The van der Waals surface area contributed by atoms with Crippen molar-refractivity contribution in [1.82, 2.24) is 14.6 Å². The summed E-state index contributed by atoms with van der Waals surface area (Å²) in [6, 6.07) is 4.00. The predicted octanol–water partition coefficient (Wildman–Crippen LogP) is 2.48. The van der Waals surface area contributed by atoms with Crippen LogP contribution in [0.25, 0.3) is 5.65 Å². The van der Waals surface area contributed by atoms with Gasteiger partial charge >= 0.3 is 0 Å². The van der Waals surface area contributed by atoms with Gasteiger partial charge in [-0.1, -0.05) is 6.08 Å². The quantitative estimate of drug-likeness (QED) is 0.869. The van der Waals surface area contributed by atoms with Crippen LogP contribution in [0.1, 0.15) is 6.92 Å².